The quantitative estimate of drug-likeness (QED) is 0.581. The van der Waals surface area contributed by atoms with Gasteiger partial charge >= 0.3 is 0 Å². The average Bonchev–Trinajstić information content (AvgIpc) is 2.30. The fourth-order valence-corrected chi connectivity index (χ4v) is 2.62. The normalized spacial score (nSPS) is 17.2. The molecule has 1 aliphatic carbocycles. The molecule has 1 aliphatic rings. The Labute approximate surface area is 99.2 Å². The number of hydrogen-bond acceptors (Lipinski definition) is 1. The molecule has 0 aromatic rings. The zero-order valence-electron chi connectivity index (χ0n) is 10.2. The molecule has 0 aliphatic heterocycles. The van der Waals surface area contributed by atoms with Crippen LogP contribution in [0.1, 0.15) is 58.3 Å². The van der Waals surface area contributed by atoms with Gasteiger partial charge in [-0.25, -0.2) is 0 Å². The lowest BCUT2D eigenvalue weighted by atomic mass is 9.82. The van der Waals surface area contributed by atoms with Crippen LogP contribution in [-0.4, -0.2) is 6.26 Å². The molecule has 15 heavy (non-hydrogen) atoms. The van der Waals surface area contributed by atoms with Crippen molar-refractivity contribution >= 4 is 11.8 Å². The molecule has 0 unspecified atom stereocenters. The second-order valence-corrected chi connectivity index (χ2v) is 5.17. The summed E-state index contributed by atoms with van der Waals surface area (Å²) >= 11 is 1.77. The number of hydrogen-bond donors (Lipinski definition) is 0. The van der Waals surface area contributed by atoms with Gasteiger partial charge in [0, 0.05) is 5.41 Å². The van der Waals surface area contributed by atoms with Crippen molar-refractivity contribution < 1.29 is 0 Å². The van der Waals surface area contributed by atoms with Gasteiger partial charge in [0.1, 0.15) is 0 Å². The van der Waals surface area contributed by atoms with Gasteiger partial charge in [0.15, 0.2) is 0 Å². The highest BCUT2D eigenvalue weighted by atomic mass is 32.2. The summed E-state index contributed by atoms with van der Waals surface area (Å²) in [4.78, 5) is 0. The van der Waals surface area contributed by atoms with E-state index in [1.54, 1.807) is 17.3 Å². The highest BCUT2D eigenvalue weighted by molar-refractivity contribution is 8.01. The van der Waals surface area contributed by atoms with E-state index in [-0.39, 0.29) is 0 Å². The zero-order valence-corrected chi connectivity index (χ0v) is 11.0. The molecular weight excluding hydrogens is 200 g/mol. The Morgan fingerprint density at radius 2 is 2.07 bits per heavy atom. The van der Waals surface area contributed by atoms with Gasteiger partial charge in [0.25, 0.3) is 0 Å². The van der Waals surface area contributed by atoms with Gasteiger partial charge in [-0.3, -0.25) is 0 Å². The van der Waals surface area contributed by atoms with Crippen LogP contribution in [-0.2, 0) is 0 Å². The number of thioether (sulfide) groups is 1. The molecule has 0 aromatic carbocycles. The molecule has 86 valence electrons. The van der Waals surface area contributed by atoms with Gasteiger partial charge in [0.2, 0.25) is 0 Å². The Morgan fingerprint density at radius 1 is 1.33 bits per heavy atom. The van der Waals surface area contributed by atoms with E-state index in [2.05, 4.69) is 24.3 Å². The third kappa shape index (κ3) is 4.95. The minimum Gasteiger partial charge on any atom is -0.129 e. The number of allylic oxidation sites excluding steroid dienone is 1. The summed E-state index contributed by atoms with van der Waals surface area (Å²) in [5.74, 6) is 0.855. The number of unbranched alkanes of at least 4 members (excludes halogenated alkanes) is 1. The Balaban J connectivity index is 2.57. The van der Waals surface area contributed by atoms with Crippen molar-refractivity contribution in [2.75, 3.05) is 6.26 Å². The van der Waals surface area contributed by atoms with Gasteiger partial charge in [-0.15, -0.1) is 17.5 Å². The largest absolute Gasteiger partial charge is 0.129 e. The van der Waals surface area contributed by atoms with Crippen LogP contribution in [0.2, 0.25) is 0 Å². The van der Waals surface area contributed by atoms with Crippen LogP contribution in [0, 0.1) is 5.92 Å². The number of rotatable bonds is 5. The molecule has 0 N–H and O–H groups in total. The Morgan fingerprint density at radius 3 is 2.67 bits per heavy atom. The molecule has 0 atom stereocenters. The van der Waals surface area contributed by atoms with Crippen molar-refractivity contribution in [1.82, 2.24) is 0 Å². The lowest BCUT2D eigenvalue weighted by Crippen LogP contribution is -2.08. The second-order valence-electron chi connectivity index (χ2n) is 4.46. The van der Waals surface area contributed by atoms with E-state index in [4.69, 9.17) is 0 Å². The van der Waals surface area contributed by atoms with Crippen LogP contribution in [0.4, 0.5) is 0 Å². The molecule has 0 bridgehead atoms. The maximum absolute atomic E-state index is 3.53. The van der Waals surface area contributed by atoms with Gasteiger partial charge < -0.3 is 0 Å². The van der Waals surface area contributed by atoms with E-state index in [1.807, 2.05) is 0 Å². The fraction of sp³-hybridized carbons (Fsp3) is 0.786. The van der Waals surface area contributed by atoms with E-state index in [0.717, 1.165) is 5.92 Å². The topological polar surface area (TPSA) is 0 Å². The lowest BCUT2D eigenvalue weighted by molar-refractivity contribution is 0.393. The lowest BCUT2D eigenvalue weighted by Gasteiger charge is -2.23. The van der Waals surface area contributed by atoms with E-state index >= 15 is 0 Å². The molecular formula is C14H24S. The van der Waals surface area contributed by atoms with Crippen LogP contribution in [0.5, 0.6) is 0 Å². The Kier molecular flexibility index (Phi) is 6.96. The summed E-state index contributed by atoms with van der Waals surface area (Å²) < 4.78 is 0. The highest BCUT2D eigenvalue weighted by Gasteiger charge is 2.16. The first-order valence-corrected chi connectivity index (χ1v) is 7.64. The van der Waals surface area contributed by atoms with E-state index in [1.165, 1.54) is 51.4 Å². The molecule has 1 rings (SSSR count). The van der Waals surface area contributed by atoms with E-state index in [0.29, 0.717) is 0 Å². The molecule has 0 heterocycles. The summed E-state index contributed by atoms with van der Waals surface area (Å²) in [5.41, 5.74) is 5.13. The van der Waals surface area contributed by atoms with E-state index in [9.17, 15) is 0 Å². The van der Waals surface area contributed by atoms with Gasteiger partial charge in [-0.05, 0) is 43.4 Å². The molecule has 0 aromatic heterocycles. The Hall–Kier alpha value is -0.130. The van der Waals surface area contributed by atoms with Crippen molar-refractivity contribution in [3.63, 3.8) is 0 Å². The summed E-state index contributed by atoms with van der Waals surface area (Å²) in [5, 5.41) is 2.14. The summed E-state index contributed by atoms with van der Waals surface area (Å²) in [7, 11) is 0. The highest BCUT2D eigenvalue weighted by Crippen LogP contribution is 2.31. The first-order chi connectivity index (χ1) is 7.38. The monoisotopic (exact) mass is 224 g/mol. The summed E-state index contributed by atoms with van der Waals surface area (Å²) in [6.07, 6.45) is 13.2. The summed E-state index contributed by atoms with van der Waals surface area (Å²) in [6.45, 7) is 2.27. The van der Waals surface area contributed by atoms with Crippen molar-refractivity contribution in [2.45, 2.75) is 58.3 Å². The third-order valence-corrected chi connectivity index (χ3v) is 3.61. The minimum atomic E-state index is 0.855. The Bertz CT molecular complexity index is 217. The first-order valence-electron chi connectivity index (χ1n) is 6.35. The van der Waals surface area contributed by atoms with Crippen molar-refractivity contribution in [3.8, 4) is 0 Å². The van der Waals surface area contributed by atoms with Crippen molar-refractivity contribution in [3.05, 3.63) is 16.7 Å². The molecule has 1 heteroatoms. The predicted octanol–water partition coefficient (Wildman–Crippen LogP) is 5.16. The predicted molar refractivity (Wildman–Crippen MR) is 71.2 cm³/mol. The first kappa shape index (κ1) is 12.9. The van der Waals surface area contributed by atoms with Crippen LogP contribution >= 0.6 is 11.8 Å². The van der Waals surface area contributed by atoms with Crippen LogP contribution in [0.3, 0.4) is 0 Å². The van der Waals surface area contributed by atoms with Crippen molar-refractivity contribution in [1.29, 1.82) is 0 Å². The van der Waals surface area contributed by atoms with Crippen LogP contribution < -0.4 is 0 Å². The van der Waals surface area contributed by atoms with Crippen LogP contribution in [0.25, 0.3) is 0 Å². The molecule has 0 saturated heterocycles. The minimum absolute atomic E-state index is 0.855. The van der Waals surface area contributed by atoms with Gasteiger partial charge in [-0.1, -0.05) is 32.6 Å². The molecule has 0 nitrogen and oxygen atoms in total. The van der Waals surface area contributed by atoms with Crippen molar-refractivity contribution in [2.24, 2.45) is 5.92 Å². The molecule has 0 amide bonds. The van der Waals surface area contributed by atoms with Gasteiger partial charge in [0.05, 0.1) is 0 Å². The fourth-order valence-electron chi connectivity index (χ4n) is 2.35. The molecule has 0 radical (unpaired) electrons. The maximum Gasteiger partial charge on any atom is 0.0125 e. The van der Waals surface area contributed by atoms with E-state index < -0.39 is 0 Å². The summed E-state index contributed by atoms with van der Waals surface area (Å²) in [6, 6.07) is 0. The molecule has 1 fully saturated rings. The molecule has 1 saturated carbocycles. The average molecular weight is 224 g/mol. The third-order valence-electron chi connectivity index (χ3n) is 3.26. The zero-order chi connectivity index (χ0) is 10.9. The second kappa shape index (κ2) is 8.07. The molecule has 0 spiro atoms. The maximum atomic E-state index is 3.53. The smallest absolute Gasteiger partial charge is 0.0125 e. The standard InChI is InChI=1S/C14H24S/c1-3-4-8-14(11-12-15-2)13-9-6-5-7-10-13/h12-13H,3-10H2,1-2H3. The SMILES string of the molecule is CCCCC(=C=CSC)C1CCCCC1. The van der Waals surface area contributed by atoms with Crippen LogP contribution in [0.15, 0.2) is 16.7 Å². The van der Waals surface area contributed by atoms with Gasteiger partial charge in [-0.2, -0.15) is 0 Å².